The first-order chi connectivity index (χ1) is 14.0. The first kappa shape index (κ1) is 20.6. The molecule has 1 aliphatic heterocycles. The van der Waals surface area contributed by atoms with Crippen molar-refractivity contribution in [2.24, 2.45) is 4.99 Å². The molecule has 1 aliphatic rings. The summed E-state index contributed by atoms with van der Waals surface area (Å²) in [5, 5.41) is 3.79. The second-order valence-electron chi connectivity index (χ2n) is 6.05. The van der Waals surface area contributed by atoms with Crippen LogP contribution < -0.4 is 0 Å². The van der Waals surface area contributed by atoms with E-state index in [0.29, 0.717) is 20.5 Å². The molecule has 0 amide bonds. The predicted molar refractivity (Wildman–Crippen MR) is 123 cm³/mol. The lowest BCUT2D eigenvalue weighted by atomic mass is 9.91. The van der Waals surface area contributed by atoms with Gasteiger partial charge in [0.05, 0.1) is 17.0 Å². The number of aliphatic imine (C=N–C) groups is 1. The molecule has 1 unspecified atom stereocenters. The van der Waals surface area contributed by atoms with E-state index in [-0.39, 0.29) is 5.97 Å². The van der Waals surface area contributed by atoms with Gasteiger partial charge in [-0.05, 0) is 36.6 Å². The smallest absolute Gasteiger partial charge is 0.348 e. The molecule has 0 saturated heterocycles. The van der Waals surface area contributed by atoms with Crippen molar-refractivity contribution in [3.63, 3.8) is 0 Å². The van der Waals surface area contributed by atoms with E-state index in [4.69, 9.17) is 37.9 Å². The van der Waals surface area contributed by atoms with Gasteiger partial charge in [-0.2, -0.15) is 0 Å². The van der Waals surface area contributed by atoms with E-state index in [1.54, 1.807) is 30.1 Å². The van der Waals surface area contributed by atoms with Crippen LogP contribution in [0.15, 0.2) is 51.0 Å². The molecule has 0 aliphatic carbocycles. The largest absolute Gasteiger partial charge is 0.465 e. The summed E-state index contributed by atoms with van der Waals surface area (Å²) in [7, 11) is 1.38. The Hall–Kier alpha value is -1.64. The quantitative estimate of drug-likeness (QED) is 0.306. The first-order valence-corrected chi connectivity index (χ1v) is 12.1. The fourth-order valence-electron chi connectivity index (χ4n) is 3.11. The van der Waals surface area contributed by atoms with Crippen LogP contribution in [0.2, 0.25) is 10.0 Å². The third kappa shape index (κ3) is 3.55. The third-order valence-corrected chi connectivity index (χ3v) is 8.27. The summed E-state index contributed by atoms with van der Waals surface area (Å²) in [4.78, 5) is 22.1. The Morgan fingerprint density at radius 3 is 2.66 bits per heavy atom. The van der Waals surface area contributed by atoms with Gasteiger partial charge in [-0.25, -0.2) is 9.78 Å². The topological polar surface area (TPSA) is 51.5 Å². The average molecular weight is 481 g/mol. The van der Waals surface area contributed by atoms with Gasteiger partial charge in [-0.1, -0.05) is 29.3 Å². The van der Waals surface area contributed by atoms with E-state index in [1.807, 2.05) is 35.9 Å². The van der Waals surface area contributed by atoms with E-state index in [0.717, 1.165) is 20.5 Å². The number of hydrogen-bond donors (Lipinski definition) is 0. The predicted octanol–water partition coefficient (Wildman–Crippen LogP) is 6.57. The van der Waals surface area contributed by atoms with E-state index in [1.165, 1.54) is 29.8 Å². The van der Waals surface area contributed by atoms with Gasteiger partial charge in [-0.15, -0.1) is 34.4 Å². The zero-order chi connectivity index (χ0) is 20.6. The molecule has 4 nitrogen and oxygen atoms in total. The van der Waals surface area contributed by atoms with Crippen LogP contribution in [-0.2, 0) is 10.3 Å². The number of methoxy groups -OCH3 is 1. The number of thiazole rings is 1. The number of benzene rings is 1. The highest BCUT2D eigenvalue weighted by Crippen LogP contribution is 2.47. The van der Waals surface area contributed by atoms with E-state index in [9.17, 15) is 4.79 Å². The second-order valence-corrected chi connectivity index (χ2v) is 9.85. The van der Waals surface area contributed by atoms with Crippen molar-refractivity contribution < 1.29 is 9.53 Å². The summed E-state index contributed by atoms with van der Waals surface area (Å²) < 4.78 is 5.86. The number of thiophene rings is 1. The van der Waals surface area contributed by atoms with Crippen LogP contribution in [0.1, 0.15) is 20.2 Å². The number of halogens is 2. The minimum Gasteiger partial charge on any atom is -0.465 e. The van der Waals surface area contributed by atoms with Crippen molar-refractivity contribution in [2.45, 2.75) is 9.75 Å². The van der Waals surface area contributed by atoms with Crippen LogP contribution in [0, 0.1) is 0 Å². The summed E-state index contributed by atoms with van der Waals surface area (Å²) in [6, 6.07) is 7.23. The maximum absolute atomic E-state index is 12.0. The molecule has 3 heterocycles. The zero-order valence-corrected chi connectivity index (χ0v) is 19.3. The van der Waals surface area contributed by atoms with E-state index in [2.05, 4.69) is 0 Å². The van der Waals surface area contributed by atoms with Crippen LogP contribution in [0.5, 0.6) is 0 Å². The molecule has 0 spiro atoms. The summed E-state index contributed by atoms with van der Waals surface area (Å²) in [5.41, 5.74) is 1.52. The molecule has 0 saturated carbocycles. The summed E-state index contributed by atoms with van der Waals surface area (Å²) in [6.07, 6.45) is 7.52. The van der Waals surface area contributed by atoms with Gasteiger partial charge in [0.25, 0.3) is 0 Å². The Morgan fingerprint density at radius 1 is 1.28 bits per heavy atom. The van der Waals surface area contributed by atoms with Crippen molar-refractivity contribution in [1.29, 1.82) is 0 Å². The number of rotatable bonds is 5. The molecule has 29 heavy (non-hydrogen) atoms. The maximum atomic E-state index is 12.0. The highest BCUT2D eigenvalue weighted by Gasteiger charge is 2.39. The fraction of sp³-hybridized carbons (Fsp3) is 0.150. The third-order valence-electron chi connectivity index (χ3n) is 4.42. The number of aromatic nitrogens is 1. The molecule has 0 bridgehead atoms. The number of carbonyl (C=O) groups is 1. The Balaban J connectivity index is 1.83. The molecular weight excluding hydrogens is 467 g/mol. The van der Waals surface area contributed by atoms with Gasteiger partial charge < -0.3 is 4.74 Å². The molecule has 1 aromatic carbocycles. The first-order valence-electron chi connectivity index (χ1n) is 8.40. The van der Waals surface area contributed by atoms with Gasteiger partial charge in [-0.3, -0.25) is 4.99 Å². The normalized spacial score (nSPS) is 17.8. The molecule has 0 fully saturated rings. The van der Waals surface area contributed by atoms with Crippen LogP contribution in [0.25, 0.3) is 11.3 Å². The second kappa shape index (κ2) is 8.24. The summed E-state index contributed by atoms with van der Waals surface area (Å²) >= 11 is 17.5. The molecule has 148 valence electrons. The summed E-state index contributed by atoms with van der Waals surface area (Å²) in [5.74, 6) is -0.352. The van der Waals surface area contributed by atoms with Crippen molar-refractivity contribution in [1.82, 2.24) is 4.98 Å². The molecule has 4 rings (SSSR count). The van der Waals surface area contributed by atoms with E-state index >= 15 is 0 Å². The zero-order valence-electron chi connectivity index (χ0n) is 15.3. The van der Waals surface area contributed by atoms with Crippen LogP contribution in [-0.4, -0.2) is 30.5 Å². The fourth-order valence-corrected chi connectivity index (χ4v) is 6.55. The lowest BCUT2D eigenvalue weighted by molar-refractivity contribution is 0.0606. The molecule has 3 aromatic rings. The van der Waals surface area contributed by atoms with Gasteiger partial charge >= 0.3 is 5.97 Å². The Bertz CT molecular complexity index is 1120. The van der Waals surface area contributed by atoms with E-state index < -0.39 is 5.54 Å². The maximum Gasteiger partial charge on any atom is 0.348 e. The number of thioether (sulfide) groups is 1. The van der Waals surface area contributed by atoms with Crippen molar-refractivity contribution >= 4 is 69.8 Å². The number of hydrogen-bond acceptors (Lipinski definition) is 7. The molecule has 0 radical (unpaired) electrons. The van der Waals surface area contributed by atoms with Crippen molar-refractivity contribution in [3.8, 4) is 11.3 Å². The lowest BCUT2D eigenvalue weighted by Crippen LogP contribution is -2.22. The van der Waals surface area contributed by atoms with Gasteiger partial charge in [0.15, 0.2) is 5.54 Å². The molecule has 0 N–H and O–H groups in total. The standard InChI is InChI=1S/C20H14Cl2N2O2S3/c1-26-17(25)15-9-11(18(27-2)29-15)14-10-28-19(24-14)20(7-4-8-23-20)16-12(21)5-3-6-13(16)22/h3-10H,1-2H3. The summed E-state index contributed by atoms with van der Waals surface area (Å²) in [6.45, 7) is 0. The minimum atomic E-state index is -0.862. The lowest BCUT2D eigenvalue weighted by Gasteiger charge is -2.24. The van der Waals surface area contributed by atoms with Gasteiger partial charge in [0.2, 0.25) is 0 Å². The number of ether oxygens (including phenoxy) is 1. The molecule has 1 atom stereocenters. The number of esters is 1. The number of allylic oxidation sites excluding steroid dienone is 1. The van der Waals surface area contributed by atoms with Crippen molar-refractivity contribution in [3.05, 3.63) is 67.3 Å². The number of carbonyl (C=O) groups excluding carboxylic acids is 1. The van der Waals surface area contributed by atoms with Crippen LogP contribution in [0.3, 0.4) is 0 Å². The Morgan fingerprint density at radius 2 is 2.03 bits per heavy atom. The monoisotopic (exact) mass is 480 g/mol. The van der Waals surface area contributed by atoms with Crippen LogP contribution in [0.4, 0.5) is 0 Å². The highest BCUT2D eigenvalue weighted by atomic mass is 35.5. The Kier molecular flexibility index (Phi) is 5.86. The number of nitrogens with zero attached hydrogens (tertiary/aromatic N) is 2. The van der Waals surface area contributed by atoms with Crippen molar-refractivity contribution in [2.75, 3.05) is 13.4 Å². The minimum absolute atomic E-state index is 0.352. The van der Waals surface area contributed by atoms with Gasteiger partial charge in [0.1, 0.15) is 9.88 Å². The van der Waals surface area contributed by atoms with Gasteiger partial charge in [0, 0.05) is 32.8 Å². The molecular formula is C20H14Cl2N2O2S3. The average Bonchev–Trinajstić information content (AvgIpc) is 3.45. The molecule has 2 aromatic heterocycles. The molecule has 9 heteroatoms. The SMILES string of the molecule is COC(=O)c1cc(-c2csc(C3(c4c(Cl)cccc4Cl)C=CC=N3)n2)c(SC)s1. The Labute approximate surface area is 190 Å². The highest BCUT2D eigenvalue weighted by molar-refractivity contribution is 8.00. The van der Waals surface area contributed by atoms with Crippen LogP contribution >= 0.6 is 57.6 Å².